The number of ether oxygens (including phenoxy) is 1. The van der Waals surface area contributed by atoms with Crippen LogP contribution in [0.4, 0.5) is 4.79 Å². The fourth-order valence-corrected chi connectivity index (χ4v) is 2.68. The zero-order valence-corrected chi connectivity index (χ0v) is 12.8. The third-order valence-corrected chi connectivity index (χ3v) is 4.21. The van der Waals surface area contributed by atoms with Crippen molar-refractivity contribution in [3.05, 3.63) is 0 Å². The monoisotopic (exact) mass is 298 g/mol. The van der Waals surface area contributed by atoms with Crippen molar-refractivity contribution in [2.75, 3.05) is 32.8 Å². The van der Waals surface area contributed by atoms with Crippen LogP contribution in [0.2, 0.25) is 0 Å². The first-order valence-electron chi connectivity index (χ1n) is 7.97. The van der Waals surface area contributed by atoms with Crippen molar-refractivity contribution in [1.82, 2.24) is 9.80 Å². The van der Waals surface area contributed by atoms with Crippen LogP contribution in [0.5, 0.6) is 0 Å². The summed E-state index contributed by atoms with van der Waals surface area (Å²) in [5, 5.41) is 8.58. The minimum absolute atomic E-state index is 0.0458. The van der Waals surface area contributed by atoms with Gasteiger partial charge in [-0.05, 0) is 38.5 Å². The number of carboxylic acids is 1. The van der Waals surface area contributed by atoms with Crippen LogP contribution >= 0.6 is 0 Å². The van der Waals surface area contributed by atoms with Crippen molar-refractivity contribution in [2.24, 2.45) is 5.92 Å². The van der Waals surface area contributed by atoms with Gasteiger partial charge in [0, 0.05) is 26.2 Å². The number of nitrogens with zero attached hydrogens (tertiary/aromatic N) is 2. The van der Waals surface area contributed by atoms with Crippen LogP contribution in [0, 0.1) is 5.92 Å². The second-order valence-electron chi connectivity index (χ2n) is 5.97. The third kappa shape index (κ3) is 5.19. The van der Waals surface area contributed by atoms with E-state index in [0.717, 1.165) is 25.9 Å². The molecule has 1 heterocycles. The van der Waals surface area contributed by atoms with Gasteiger partial charge in [-0.15, -0.1) is 0 Å². The van der Waals surface area contributed by atoms with Crippen molar-refractivity contribution in [1.29, 1.82) is 0 Å². The van der Waals surface area contributed by atoms with Gasteiger partial charge in [0.05, 0.1) is 19.1 Å². The predicted molar refractivity (Wildman–Crippen MR) is 78.2 cm³/mol. The van der Waals surface area contributed by atoms with E-state index < -0.39 is 5.97 Å². The van der Waals surface area contributed by atoms with E-state index in [-0.39, 0.29) is 25.2 Å². The van der Waals surface area contributed by atoms with E-state index in [2.05, 4.69) is 0 Å². The van der Waals surface area contributed by atoms with Crippen molar-refractivity contribution in [2.45, 2.75) is 45.1 Å². The molecule has 0 aromatic carbocycles. The Morgan fingerprint density at radius 2 is 1.90 bits per heavy atom. The fraction of sp³-hybridized carbons (Fsp3) is 0.867. The van der Waals surface area contributed by atoms with E-state index in [9.17, 15) is 9.59 Å². The average molecular weight is 298 g/mol. The number of aliphatic carboxylic acids is 1. The van der Waals surface area contributed by atoms with Crippen molar-refractivity contribution in [3.63, 3.8) is 0 Å². The summed E-state index contributed by atoms with van der Waals surface area (Å²) < 4.78 is 5.55. The van der Waals surface area contributed by atoms with Gasteiger partial charge in [-0.2, -0.15) is 0 Å². The van der Waals surface area contributed by atoms with Gasteiger partial charge in [-0.1, -0.05) is 0 Å². The van der Waals surface area contributed by atoms with Crippen LogP contribution in [-0.2, 0) is 9.53 Å². The largest absolute Gasteiger partial charge is 0.481 e. The number of amides is 2. The number of hydrogen-bond donors (Lipinski definition) is 1. The fourth-order valence-electron chi connectivity index (χ4n) is 2.68. The molecule has 6 nitrogen and oxygen atoms in total. The molecule has 1 N–H and O–H groups in total. The summed E-state index contributed by atoms with van der Waals surface area (Å²) in [7, 11) is 0. The first-order valence-corrected chi connectivity index (χ1v) is 7.97. The topological polar surface area (TPSA) is 70.1 Å². The zero-order chi connectivity index (χ0) is 15.2. The average Bonchev–Trinajstić information content (AvgIpc) is 3.28. The van der Waals surface area contributed by atoms with Gasteiger partial charge in [0.25, 0.3) is 0 Å². The molecule has 1 aliphatic carbocycles. The molecule has 0 atom stereocenters. The second kappa shape index (κ2) is 7.64. The summed E-state index contributed by atoms with van der Waals surface area (Å²) in [4.78, 5) is 26.7. The molecule has 2 rings (SSSR count). The molecule has 1 saturated carbocycles. The number of carboxylic acid groups (broad SMARTS) is 1. The lowest BCUT2D eigenvalue weighted by Gasteiger charge is -2.35. The van der Waals surface area contributed by atoms with Gasteiger partial charge in [-0.3, -0.25) is 4.79 Å². The van der Waals surface area contributed by atoms with Crippen molar-refractivity contribution in [3.8, 4) is 0 Å². The van der Waals surface area contributed by atoms with Gasteiger partial charge in [0.1, 0.15) is 0 Å². The smallest absolute Gasteiger partial charge is 0.320 e. The molecule has 2 fully saturated rings. The number of rotatable bonds is 7. The molecule has 0 spiro atoms. The quantitative estimate of drug-likeness (QED) is 0.778. The number of carbonyl (C=O) groups excluding carboxylic acids is 1. The highest BCUT2D eigenvalue weighted by Gasteiger charge is 2.30. The minimum Gasteiger partial charge on any atom is -0.481 e. The van der Waals surface area contributed by atoms with E-state index in [4.69, 9.17) is 9.84 Å². The standard InChI is InChI=1S/C15H26N2O4/c1-2-16(11-12-3-4-12)15(20)17-8-5-13(6-9-17)21-10-7-14(18)19/h12-13H,2-11H2,1H3,(H,18,19). The summed E-state index contributed by atoms with van der Waals surface area (Å²) in [6.45, 7) is 5.36. The summed E-state index contributed by atoms with van der Waals surface area (Å²) in [6.07, 6.45) is 4.24. The van der Waals surface area contributed by atoms with E-state index in [1.54, 1.807) is 0 Å². The minimum atomic E-state index is -0.832. The Balaban J connectivity index is 1.69. The van der Waals surface area contributed by atoms with Gasteiger partial charge in [-0.25, -0.2) is 4.79 Å². The first-order chi connectivity index (χ1) is 10.1. The maximum atomic E-state index is 12.4. The second-order valence-corrected chi connectivity index (χ2v) is 5.97. The number of hydrogen-bond acceptors (Lipinski definition) is 3. The molecule has 2 amide bonds. The van der Waals surface area contributed by atoms with Gasteiger partial charge in [0.15, 0.2) is 0 Å². The van der Waals surface area contributed by atoms with E-state index in [0.29, 0.717) is 19.0 Å². The Hall–Kier alpha value is -1.30. The molecule has 0 bridgehead atoms. The number of piperidine rings is 1. The van der Waals surface area contributed by atoms with Gasteiger partial charge in [0.2, 0.25) is 0 Å². The Labute approximate surface area is 126 Å². The molecule has 1 aliphatic heterocycles. The van der Waals surface area contributed by atoms with Crippen LogP contribution in [0.1, 0.15) is 39.0 Å². The highest BCUT2D eigenvalue weighted by Crippen LogP contribution is 2.30. The van der Waals surface area contributed by atoms with E-state index in [1.807, 2.05) is 16.7 Å². The molecular formula is C15H26N2O4. The molecule has 21 heavy (non-hydrogen) atoms. The summed E-state index contributed by atoms with van der Waals surface area (Å²) in [6, 6.07) is 0.147. The maximum absolute atomic E-state index is 12.4. The number of carbonyl (C=O) groups is 2. The SMILES string of the molecule is CCN(CC1CC1)C(=O)N1CCC(OCCC(=O)O)CC1. The van der Waals surface area contributed by atoms with E-state index in [1.165, 1.54) is 12.8 Å². The highest BCUT2D eigenvalue weighted by atomic mass is 16.5. The molecule has 1 saturated heterocycles. The summed E-state index contributed by atoms with van der Waals surface area (Å²) >= 11 is 0. The Kier molecular flexibility index (Phi) is 5.85. The van der Waals surface area contributed by atoms with E-state index >= 15 is 0 Å². The van der Waals surface area contributed by atoms with Crippen LogP contribution in [0.15, 0.2) is 0 Å². The molecule has 0 unspecified atom stereocenters. The van der Waals surface area contributed by atoms with Gasteiger partial charge < -0.3 is 19.6 Å². The van der Waals surface area contributed by atoms with Crippen LogP contribution in [0.25, 0.3) is 0 Å². The molecule has 6 heteroatoms. The molecular weight excluding hydrogens is 272 g/mol. The molecule has 0 radical (unpaired) electrons. The Morgan fingerprint density at radius 1 is 1.24 bits per heavy atom. The normalized spacial score (nSPS) is 19.6. The van der Waals surface area contributed by atoms with Gasteiger partial charge >= 0.3 is 12.0 Å². The number of urea groups is 1. The predicted octanol–water partition coefficient (Wildman–Crippen LogP) is 1.79. The first kappa shape index (κ1) is 16.1. The number of likely N-dealkylation sites (tertiary alicyclic amines) is 1. The lowest BCUT2D eigenvalue weighted by molar-refractivity contribution is -0.138. The summed E-state index contributed by atoms with van der Waals surface area (Å²) in [5.74, 6) is -0.118. The van der Waals surface area contributed by atoms with Crippen LogP contribution < -0.4 is 0 Å². The maximum Gasteiger partial charge on any atom is 0.320 e. The highest BCUT2D eigenvalue weighted by molar-refractivity contribution is 5.74. The third-order valence-electron chi connectivity index (χ3n) is 4.21. The zero-order valence-electron chi connectivity index (χ0n) is 12.8. The molecule has 120 valence electrons. The Morgan fingerprint density at radius 3 is 2.43 bits per heavy atom. The Bertz CT molecular complexity index is 363. The summed E-state index contributed by atoms with van der Waals surface area (Å²) in [5.41, 5.74) is 0. The molecule has 0 aromatic heterocycles. The van der Waals surface area contributed by atoms with Crippen molar-refractivity contribution < 1.29 is 19.4 Å². The van der Waals surface area contributed by atoms with Crippen LogP contribution in [0.3, 0.4) is 0 Å². The lowest BCUT2D eigenvalue weighted by Crippen LogP contribution is -2.48. The van der Waals surface area contributed by atoms with Crippen molar-refractivity contribution >= 4 is 12.0 Å². The lowest BCUT2D eigenvalue weighted by atomic mass is 10.1. The molecule has 0 aromatic rings. The molecule has 2 aliphatic rings. The van der Waals surface area contributed by atoms with Crippen LogP contribution in [-0.4, -0.2) is 65.8 Å².